The number of carbonyl (C=O) groups is 1. The maximum atomic E-state index is 12.6. The van der Waals surface area contributed by atoms with E-state index in [0.717, 1.165) is 30.9 Å². The van der Waals surface area contributed by atoms with Crippen LogP contribution in [-0.4, -0.2) is 43.5 Å². The topological polar surface area (TPSA) is 38.8 Å². The van der Waals surface area contributed by atoms with Crippen LogP contribution in [0.1, 0.15) is 24.0 Å². The number of allylic oxidation sites excluding steroid dienone is 1. The van der Waals surface area contributed by atoms with Crippen LogP contribution in [0.3, 0.4) is 0 Å². The number of likely N-dealkylation sites (tertiary alicyclic amines) is 1. The van der Waals surface area contributed by atoms with Gasteiger partial charge in [-0.3, -0.25) is 9.69 Å². The lowest BCUT2D eigenvalue weighted by Gasteiger charge is -2.52. The number of benzene rings is 1. The number of likely N-dealkylation sites (N-methyl/N-ethyl adjacent to an activating group) is 1. The fourth-order valence-electron chi connectivity index (χ4n) is 5.08. The highest BCUT2D eigenvalue weighted by atomic mass is 16.5. The second kappa shape index (κ2) is 3.93. The molecule has 0 amide bonds. The lowest BCUT2D eigenvalue weighted by atomic mass is 9.56. The van der Waals surface area contributed by atoms with Crippen LogP contribution in [0.4, 0.5) is 0 Å². The molecular weight excluding hydrogens is 278 g/mol. The predicted molar refractivity (Wildman–Crippen MR) is 81.5 cm³/mol. The normalized spacial score (nSPS) is 34.8. The van der Waals surface area contributed by atoms with E-state index in [0.29, 0.717) is 12.5 Å². The Morgan fingerprint density at radius 1 is 1.41 bits per heavy atom. The van der Waals surface area contributed by atoms with Crippen LogP contribution < -0.4 is 9.47 Å². The molecule has 1 spiro atoms. The molecule has 1 fully saturated rings. The molecule has 0 unspecified atom stereocenters. The Labute approximate surface area is 129 Å². The summed E-state index contributed by atoms with van der Waals surface area (Å²) in [6.07, 6.45) is 4.28. The monoisotopic (exact) mass is 297 g/mol. The predicted octanol–water partition coefficient (Wildman–Crippen LogP) is 1.85. The second-order valence-corrected chi connectivity index (χ2v) is 6.88. The molecule has 3 atom stereocenters. The highest BCUT2D eigenvalue weighted by Gasteiger charge is 2.62. The highest BCUT2D eigenvalue weighted by Crippen LogP contribution is 2.61. The number of nitrogens with zero attached hydrogens (tertiary/aromatic N) is 1. The van der Waals surface area contributed by atoms with Crippen molar-refractivity contribution >= 4 is 5.78 Å². The molecule has 2 aliphatic carbocycles. The van der Waals surface area contributed by atoms with E-state index < -0.39 is 0 Å². The second-order valence-electron chi connectivity index (χ2n) is 6.88. The highest BCUT2D eigenvalue weighted by molar-refractivity contribution is 5.92. The van der Waals surface area contributed by atoms with Crippen LogP contribution in [0.5, 0.6) is 11.5 Å². The third kappa shape index (κ3) is 1.23. The molecule has 114 valence electrons. The fraction of sp³-hybridized carbons (Fsp3) is 0.500. The molecule has 4 aliphatic rings. The van der Waals surface area contributed by atoms with E-state index >= 15 is 0 Å². The van der Waals surface area contributed by atoms with Crippen molar-refractivity contribution < 1.29 is 14.3 Å². The molecule has 4 heteroatoms. The van der Waals surface area contributed by atoms with Gasteiger partial charge in [-0.15, -0.1) is 0 Å². The van der Waals surface area contributed by atoms with Gasteiger partial charge in [-0.25, -0.2) is 0 Å². The summed E-state index contributed by atoms with van der Waals surface area (Å²) >= 11 is 0. The standard InChI is InChI=1S/C18H19NO3/c1-19-8-7-18-11-4-5-13(20)17(18)22-16-14(21-2)6-3-10(15(16)18)9-12(11)19/h3-4,6,12,17H,5,7-9H2,1-2H3/t12-,17-,18-/m0/s1. The Hall–Kier alpha value is -1.81. The molecule has 1 aromatic carbocycles. The molecule has 4 nitrogen and oxygen atoms in total. The lowest BCUT2D eigenvalue weighted by Crippen LogP contribution is -2.60. The molecule has 1 aromatic rings. The zero-order valence-corrected chi connectivity index (χ0v) is 12.9. The van der Waals surface area contributed by atoms with Crippen molar-refractivity contribution in [2.24, 2.45) is 0 Å². The van der Waals surface area contributed by atoms with Crippen LogP contribution in [0.2, 0.25) is 0 Å². The first-order valence-electron chi connectivity index (χ1n) is 7.97. The van der Waals surface area contributed by atoms with Gasteiger partial charge in [-0.05, 0) is 43.6 Å². The Balaban J connectivity index is 1.86. The summed E-state index contributed by atoms with van der Waals surface area (Å²) < 4.78 is 11.7. The summed E-state index contributed by atoms with van der Waals surface area (Å²) in [6.45, 7) is 1.01. The van der Waals surface area contributed by atoms with Crippen molar-refractivity contribution in [2.75, 3.05) is 20.7 Å². The minimum atomic E-state index is -0.353. The first-order valence-corrected chi connectivity index (χ1v) is 7.97. The Kier molecular flexibility index (Phi) is 2.27. The summed E-state index contributed by atoms with van der Waals surface area (Å²) in [6, 6.07) is 4.55. The van der Waals surface area contributed by atoms with E-state index in [2.05, 4.69) is 24.1 Å². The molecule has 2 heterocycles. The van der Waals surface area contributed by atoms with Gasteiger partial charge in [0, 0.05) is 18.0 Å². The van der Waals surface area contributed by atoms with Crippen LogP contribution in [0.25, 0.3) is 0 Å². The minimum Gasteiger partial charge on any atom is -0.493 e. The van der Waals surface area contributed by atoms with Gasteiger partial charge in [0.1, 0.15) is 0 Å². The largest absolute Gasteiger partial charge is 0.493 e. The number of piperidine rings is 1. The van der Waals surface area contributed by atoms with E-state index in [1.807, 2.05) is 6.07 Å². The summed E-state index contributed by atoms with van der Waals surface area (Å²) in [4.78, 5) is 15.0. The van der Waals surface area contributed by atoms with Gasteiger partial charge in [0.2, 0.25) is 0 Å². The molecular formula is C18H19NO3. The molecule has 0 radical (unpaired) electrons. The first kappa shape index (κ1) is 12.7. The number of methoxy groups -OCH3 is 1. The Morgan fingerprint density at radius 2 is 2.27 bits per heavy atom. The van der Waals surface area contributed by atoms with Gasteiger partial charge < -0.3 is 9.47 Å². The van der Waals surface area contributed by atoms with Crippen molar-refractivity contribution in [1.82, 2.24) is 4.90 Å². The van der Waals surface area contributed by atoms with Gasteiger partial charge in [0.05, 0.1) is 12.5 Å². The summed E-state index contributed by atoms with van der Waals surface area (Å²) in [7, 11) is 3.86. The summed E-state index contributed by atoms with van der Waals surface area (Å²) in [5, 5.41) is 0. The van der Waals surface area contributed by atoms with Crippen molar-refractivity contribution in [2.45, 2.75) is 36.8 Å². The number of rotatable bonds is 1. The van der Waals surface area contributed by atoms with Crippen molar-refractivity contribution in [3.63, 3.8) is 0 Å². The molecule has 2 bridgehead atoms. The minimum absolute atomic E-state index is 0.207. The number of ether oxygens (including phenoxy) is 2. The molecule has 1 saturated heterocycles. The van der Waals surface area contributed by atoms with Gasteiger partial charge >= 0.3 is 0 Å². The zero-order chi connectivity index (χ0) is 15.1. The number of ketones is 1. The van der Waals surface area contributed by atoms with Gasteiger partial charge in [-0.1, -0.05) is 12.1 Å². The molecule has 0 N–H and O–H groups in total. The Morgan fingerprint density at radius 3 is 3.09 bits per heavy atom. The van der Waals surface area contributed by atoms with Crippen LogP contribution in [-0.2, 0) is 16.6 Å². The maximum Gasteiger partial charge on any atom is 0.178 e. The third-order valence-corrected chi connectivity index (χ3v) is 6.05. The van der Waals surface area contributed by atoms with Crippen molar-refractivity contribution in [3.8, 4) is 11.5 Å². The van der Waals surface area contributed by atoms with Crippen LogP contribution in [0.15, 0.2) is 23.8 Å². The Bertz CT molecular complexity index is 738. The molecule has 0 aromatic heterocycles. The molecule has 0 saturated carbocycles. The SMILES string of the molecule is COc1ccc2c3c1O[C@H]1C(=O)CC=C4[C@H](C2)N(C)CC[C@]431. The van der Waals surface area contributed by atoms with Crippen LogP contribution in [0, 0.1) is 0 Å². The molecule has 5 rings (SSSR count). The van der Waals surface area contributed by atoms with E-state index in [1.165, 1.54) is 16.7 Å². The third-order valence-electron chi connectivity index (χ3n) is 6.05. The van der Waals surface area contributed by atoms with Gasteiger partial charge in [0.25, 0.3) is 0 Å². The summed E-state index contributed by atoms with van der Waals surface area (Å²) in [5.41, 5.74) is 3.73. The average Bonchev–Trinajstić information content (AvgIpc) is 2.88. The van der Waals surface area contributed by atoms with Crippen LogP contribution >= 0.6 is 0 Å². The lowest BCUT2D eigenvalue weighted by molar-refractivity contribution is -0.128. The average molecular weight is 297 g/mol. The number of hydrogen-bond donors (Lipinski definition) is 0. The van der Waals surface area contributed by atoms with E-state index in [1.54, 1.807) is 7.11 Å². The van der Waals surface area contributed by atoms with E-state index in [-0.39, 0.29) is 17.3 Å². The summed E-state index contributed by atoms with van der Waals surface area (Å²) in [5.74, 6) is 1.78. The number of Topliss-reactive ketones (excluding diaryl/α,β-unsaturated/α-hetero) is 1. The molecule has 22 heavy (non-hydrogen) atoms. The first-order chi connectivity index (χ1) is 10.7. The van der Waals surface area contributed by atoms with E-state index in [9.17, 15) is 4.79 Å². The van der Waals surface area contributed by atoms with E-state index in [4.69, 9.17) is 9.47 Å². The fourth-order valence-corrected chi connectivity index (χ4v) is 5.08. The maximum absolute atomic E-state index is 12.6. The van der Waals surface area contributed by atoms with Gasteiger partial charge in [-0.2, -0.15) is 0 Å². The number of hydrogen-bond acceptors (Lipinski definition) is 4. The van der Waals surface area contributed by atoms with Crippen molar-refractivity contribution in [3.05, 3.63) is 34.9 Å². The smallest absolute Gasteiger partial charge is 0.178 e. The zero-order valence-electron chi connectivity index (χ0n) is 12.9. The number of carbonyl (C=O) groups excluding carboxylic acids is 1. The van der Waals surface area contributed by atoms with Gasteiger partial charge in [0.15, 0.2) is 23.4 Å². The molecule has 2 aliphatic heterocycles. The van der Waals surface area contributed by atoms with Crippen molar-refractivity contribution in [1.29, 1.82) is 0 Å². The quantitative estimate of drug-likeness (QED) is 0.742.